The Morgan fingerprint density at radius 3 is 2.73 bits per heavy atom. The van der Waals surface area contributed by atoms with Gasteiger partial charge in [0.05, 0.1) is 11.0 Å². The molecular weight excluding hydrogens is 210 g/mol. The molecule has 0 saturated carbocycles. The summed E-state index contributed by atoms with van der Waals surface area (Å²) in [6.45, 7) is 5.66. The van der Waals surface area contributed by atoms with Gasteiger partial charge in [0.2, 0.25) is 0 Å². The number of nitrogens with zero attached hydrogens (tertiary/aromatic N) is 1. The quantitative estimate of drug-likeness (QED) is 0.742. The zero-order chi connectivity index (χ0) is 11.3. The fraction of sp³-hybridized carbons (Fsp3) is 0.364. The molecule has 0 radical (unpaired) electrons. The maximum atomic E-state index is 11.5. The van der Waals surface area contributed by atoms with Gasteiger partial charge in [0.15, 0.2) is 0 Å². The molecule has 1 rings (SSSR count). The van der Waals surface area contributed by atoms with Crippen molar-refractivity contribution in [2.75, 3.05) is 0 Å². The molecule has 0 aliphatic heterocycles. The van der Waals surface area contributed by atoms with Gasteiger partial charge in [-0.15, -0.1) is 0 Å². The van der Waals surface area contributed by atoms with E-state index in [1.54, 1.807) is 18.4 Å². The van der Waals surface area contributed by atoms with Gasteiger partial charge in [0, 0.05) is 6.21 Å². The minimum atomic E-state index is -1.20. The van der Waals surface area contributed by atoms with E-state index < -0.39 is 11.0 Å². The smallest absolute Gasteiger partial charge is 0.144 e. The zero-order valence-corrected chi connectivity index (χ0v) is 9.95. The van der Waals surface area contributed by atoms with Crippen LogP contribution in [0.3, 0.4) is 0 Å². The Hall–Kier alpha value is -1.16. The number of hydrogen-bond acceptors (Lipinski definition) is 2. The van der Waals surface area contributed by atoms with Gasteiger partial charge in [0.1, 0.15) is 16.7 Å². The van der Waals surface area contributed by atoms with E-state index in [9.17, 15) is 4.21 Å². The van der Waals surface area contributed by atoms with Crippen molar-refractivity contribution in [2.24, 2.45) is 4.40 Å². The van der Waals surface area contributed by atoms with Crippen LogP contribution in [-0.4, -0.2) is 15.2 Å². The summed E-state index contributed by atoms with van der Waals surface area (Å²) in [5.74, 6) is 0.753. The molecule has 1 aromatic rings. The summed E-state index contributed by atoms with van der Waals surface area (Å²) in [4.78, 5) is 0. The van der Waals surface area contributed by atoms with Crippen LogP contribution in [0.4, 0.5) is 0 Å². The van der Waals surface area contributed by atoms with Crippen molar-refractivity contribution in [3.8, 4) is 0 Å². The molecule has 15 heavy (non-hydrogen) atoms. The van der Waals surface area contributed by atoms with Gasteiger partial charge in [-0.2, -0.15) is 4.40 Å². The van der Waals surface area contributed by atoms with Gasteiger partial charge in [-0.05, 0) is 45.1 Å². The third kappa shape index (κ3) is 4.25. The minimum absolute atomic E-state index is 0.310. The lowest BCUT2D eigenvalue weighted by molar-refractivity contribution is 0.557. The molecule has 0 amide bonds. The lowest BCUT2D eigenvalue weighted by Gasteiger charge is -2.12. The molecule has 3 nitrogen and oxygen atoms in total. The second-order valence-electron chi connectivity index (χ2n) is 3.99. The van der Waals surface area contributed by atoms with Crippen molar-refractivity contribution in [1.82, 2.24) is 0 Å². The monoisotopic (exact) mass is 225 g/mol. The van der Waals surface area contributed by atoms with E-state index in [2.05, 4.69) is 4.40 Å². The first-order chi connectivity index (χ1) is 7.00. The average Bonchev–Trinajstić information content (AvgIpc) is 2.63. The average molecular weight is 225 g/mol. The van der Waals surface area contributed by atoms with Crippen LogP contribution in [0.1, 0.15) is 26.5 Å². The summed E-state index contributed by atoms with van der Waals surface area (Å²) in [5.41, 5.74) is 0. The van der Waals surface area contributed by atoms with Crippen LogP contribution in [0.15, 0.2) is 33.3 Å². The molecule has 0 aliphatic rings. The number of furan rings is 1. The van der Waals surface area contributed by atoms with Crippen LogP contribution in [0.5, 0.6) is 0 Å². The van der Waals surface area contributed by atoms with E-state index in [1.165, 1.54) is 6.21 Å². The Morgan fingerprint density at radius 1 is 1.47 bits per heavy atom. The van der Waals surface area contributed by atoms with Crippen molar-refractivity contribution in [3.63, 3.8) is 0 Å². The Kier molecular flexibility index (Phi) is 4.03. The van der Waals surface area contributed by atoms with E-state index in [0.717, 1.165) is 5.76 Å². The van der Waals surface area contributed by atoms with E-state index in [0.29, 0.717) is 0 Å². The first-order valence-electron chi connectivity index (χ1n) is 4.66. The molecule has 0 fully saturated rings. The van der Waals surface area contributed by atoms with Crippen LogP contribution >= 0.6 is 0 Å². The SMILES string of the molecule is CC(C)(C)S(=O)/N=C/C=C/c1ccco1. The zero-order valence-electron chi connectivity index (χ0n) is 9.14. The van der Waals surface area contributed by atoms with E-state index >= 15 is 0 Å². The summed E-state index contributed by atoms with van der Waals surface area (Å²) in [7, 11) is -1.20. The van der Waals surface area contributed by atoms with E-state index in [1.807, 2.05) is 32.9 Å². The predicted octanol–water partition coefficient (Wildman–Crippen LogP) is 2.83. The third-order valence-corrected chi connectivity index (χ3v) is 2.93. The van der Waals surface area contributed by atoms with Gasteiger partial charge in [-0.25, -0.2) is 4.21 Å². The second kappa shape index (κ2) is 5.07. The normalized spacial score (nSPS) is 15.1. The Morgan fingerprint density at radius 2 is 2.20 bits per heavy atom. The summed E-state index contributed by atoms with van der Waals surface area (Å²) in [5, 5.41) is 0. The largest absolute Gasteiger partial charge is 0.465 e. The van der Waals surface area contributed by atoms with E-state index in [-0.39, 0.29) is 4.75 Å². The Balaban J connectivity index is 2.50. The summed E-state index contributed by atoms with van der Waals surface area (Å²) >= 11 is 0. The minimum Gasteiger partial charge on any atom is -0.465 e. The molecule has 0 N–H and O–H groups in total. The van der Waals surface area contributed by atoms with Gasteiger partial charge >= 0.3 is 0 Å². The number of allylic oxidation sites excluding steroid dienone is 1. The third-order valence-electron chi connectivity index (χ3n) is 1.57. The summed E-state index contributed by atoms with van der Waals surface area (Å²) in [6.07, 6.45) is 6.61. The number of rotatable bonds is 3. The highest BCUT2D eigenvalue weighted by molar-refractivity contribution is 7.85. The second-order valence-corrected chi connectivity index (χ2v) is 5.92. The highest BCUT2D eigenvalue weighted by Crippen LogP contribution is 2.11. The molecule has 82 valence electrons. The lowest BCUT2D eigenvalue weighted by Crippen LogP contribution is -2.19. The molecule has 0 aromatic carbocycles. The topological polar surface area (TPSA) is 42.6 Å². The highest BCUT2D eigenvalue weighted by Gasteiger charge is 2.17. The summed E-state index contributed by atoms with van der Waals surface area (Å²) in [6, 6.07) is 3.65. The first kappa shape index (κ1) is 11.9. The lowest BCUT2D eigenvalue weighted by atomic mass is 10.3. The van der Waals surface area contributed by atoms with Crippen molar-refractivity contribution < 1.29 is 8.63 Å². The van der Waals surface area contributed by atoms with Gasteiger partial charge in [0.25, 0.3) is 0 Å². The standard InChI is InChI=1S/C11H15NO2S/c1-11(2,3)15(13)12-8-4-6-10-7-5-9-14-10/h4-9H,1-3H3/b6-4+,12-8+. The highest BCUT2D eigenvalue weighted by atomic mass is 32.2. The number of hydrogen-bond donors (Lipinski definition) is 0. The van der Waals surface area contributed by atoms with Gasteiger partial charge in [-0.3, -0.25) is 0 Å². The summed E-state index contributed by atoms with van der Waals surface area (Å²) < 4.78 is 20.2. The fourth-order valence-electron chi connectivity index (χ4n) is 0.772. The Labute approximate surface area is 92.5 Å². The van der Waals surface area contributed by atoms with Gasteiger partial charge in [-0.1, -0.05) is 0 Å². The fourth-order valence-corrected chi connectivity index (χ4v) is 1.27. The molecule has 0 spiro atoms. The first-order valence-corrected chi connectivity index (χ1v) is 5.77. The molecule has 1 unspecified atom stereocenters. The molecule has 1 heterocycles. The molecule has 1 aromatic heterocycles. The van der Waals surface area contributed by atoms with Crippen LogP contribution < -0.4 is 0 Å². The van der Waals surface area contributed by atoms with Crippen molar-refractivity contribution in [3.05, 3.63) is 30.2 Å². The Bertz CT molecular complexity index is 372. The molecule has 4 heteroatoms. The van der Waals surface area contributed by atoms with Crippen molar-refractivity contribution in [1.29, 1.82) is 0 Å². The van der Waals surface area contributed by atoms with Crippen LogP contribution in [0.2, 0.25) is 0 Å². The molecule has 0 saturated heterocycles. The molecular formula is C11H15NO2S. The maximum Gasteiger partial charge on any atom is 0.144 e. The van der Waals surface area contributed by atoms with Crippen LogP contribution in [0.25, 0.3) is 6.08 Å². The maximum absolute atomic E-state index is 11.5. The predicted molar refractivity (Wildman–Crippen MR) is 64.1 cm³/mol. The van der Waals surface area contributed by atoms with Gasteiger partial charge < -0.3 is 4.42 Å². The van der Waals surface area contributed by atoms with Crippen molar-refractivity contribution in [2.45, 2.75) is 25.5 Å². The van der Waals surface area contributed by atoms with Crippen molar-refractivity contribution >= 4 is 23.3 Å². The van der Waals surface area contributed by atoms with E-state index in [4.69, 9.17) is 4.42 Å². The van der Waals surface area contributed by atoms with Crippen LogP contribution in [-0.2, 0) is 11.0 Å². The molecule has 0 aliphatic carbocycles. The molecule has 0 bridgehead atoms. The molecule has 1 atom stereocenters. The van der Waals surface area contributed by atoms with Crippen LogP contribution in [0, 0.1) is 0 Å².